The van der Waals surface area contributed by atoms with Gasteiger partial charge in [0.1, 0.15) is 0 Å². The smallest absolute Gasteiger partial charge is 0.234 e. The van der Waals surface area contributed by atoms with Gasteiger partial charge in [-0.2, -0.15) is 0 Å². The molecule has 0 unspecified atom stereocenters. The molecule has 2 rings (SSSR count). The SMILES string of the molecule is [C-]#[N+]C(=CC=Cc1ccc(N(CC)CC)cc1)C(=O)c1c(F)c(F)c(F)c(F)c1F. The Morgan fingerprint density at radius 3 is 1.90 bits per heavy atom. The average Bonchev–Trinajstić information content (AvgIpc) is 2.75. The number of Topliss-reactive ketones (excluding diaryl/α,β-unsaturated/α-hetero) is 1. The van der Waals surface area contributed by atoms with Gasteiger partial charge in [-0.1, -0.05) is 30.4 Å². The first kappa shape index (κ1) is 22.8. The van der Waals surface area contributed by atoms with Crippen molar-refractivity contribution >= 4 is 17.5 Å². The fraction of sp³-hybridized carbons (Fsp3) is 0.182. The summed E-state index contributed by atoms with van der Waals surface area (Å²) in [6.07, 6.45) is 3.76. The normalized spacial score (nSPS) is 11.6. The van der Waals surface area contributed by atoms with Gasteiger partial charge in [0.05, 0.1) is 12.1 Å². The highest BCUT2D eigenvalue weighted by Gasteiger charge is 2.31. The third kappa shape index (κ3) is 4.57. The lowest BCUT2D eigenvalue weighted by atomic mass is 10.1. The van der Waals surface area contributed by atoms with Gasteiger partial charge in [-0.05, 0) is 31.5 Å². The topological polar surface area (TPSA) is 24.7 Å². The van der Waals surface area contributed by atoms with Crippen LogP contribution in [0.4, 0.5) is 27.6 Å². The van der Waals surface area contributed by atoms with Crippen LogP contribution < -0.4 is 4.90 Å². The molecule has 0 aromatic heterocycles. The molecule has 2 aromatic carbocycles. The molecule has 0 heterocycles. The van der Waals surface area contributed by atoms with Crippen LogP contribution in [0.2, 0.25) is 0 Å². The molecule has 0 aliphatic heterocycles. The summed E-state index contributed by atoms with van der Waals surface area (Å²) in [6.45, 7) is 12.7. The Balaban J connectivity index is 2.31. The number of carbonyl (C=O) groups excluding carboxylic acids is 1. The summed E-state index contributed by atoms with van der Waals surface area (Å²) in [6, 6.07) is 7.35. The van der Waals surface area contributed by atoms with E-state index < -0.39 is 46.1 Å². The number of nitrogens with zero attached hydrogens (tertiary/aromatic N) is 2. The number of ketones is 1. The molecule has 0 aliphatic carbocycles. The number of rotatable bonds is 7. The third-order valence-electron chi connectivity index (χ3n) is 4.35. The van der Waals surface area contributed by atoms with Crippen LogP contribution in [0.1, 0.15) is 29.8 Å². The molecule has 2 aromatic rings. The lowest BCUT2D eigenvalue weighted by Gasteiger charge is -2.20. The van der Waals surface area contributed by atoms with E-state index in [0.29, 0.717) is 0 Å². The van der Waals surface area contributed by atoms with E-state index in [0.717, 1.165) is 30.4 Å². The van der Waals surface area contributed by atoms with Gasteiger partial charge in [0.15, 0.2) is 29.1 Å². The van der Waals surface area contributed by atoms with Gasteiger partial charge in [0.25, 0.3) is 0 Å². The van der Waals surface area contributed by atoms with E-state index in [-0.39, 0.29) is 0 Å². The molecule has 0 fully saturated rings. The Kier molecular flexibility index (Phi) is 7.48. The summed E-state index contributed by atoms with van der Waals surface area (Å²) >= 11 is 0. The first-order chi connectivity index (χ1) is 14.3. The number of hydrogen-bond donors (Lipinski definition) is 0. The molecule has 30 heavy (non-hydrogen) atoms. The zero-order chi connectivity index (χ0) is 22.4. The standard InChI is InChI=1S/C22H17F5N2O/c1-4-29(5-2)14-11-9-13(10-12-14)7-6-8-15(28-3)22(30)16-17(23)19(25)21(27)20(26)18(16)24/h6-12H,4-5H2,1-2H3. The molecule has 0 N–H and O–H groups in total. The van der Waals surface area contributed by atoms with E-state index in [2.05, 4.69) is 9.74 Å². The van der Waals surface area contributed by atoms with Crippen molar-refractivity contribution in [2.45, 2.75) is 13.8 Å². The number of anilines is 1. The zero-order valence-electron chi connectivity index (χ0n) is 16.1. The Labute approximate surface area is 170 Å². The van der Waals surface area contributed by atoms with Crippen LogP contribution in [0.15, 0.2) is 42.1 Å². The number of hydrogen-bond acceptors (Lipinski definition) is 2. The summed E-state index contributed by atoms with van der Waals surface area (Å²) in [4.78, 5) is 17.2. The molecular weight excluding hydrogens is 403 g/mol. The largest absolute Gasteiger partial charge is 0.372 e. The zero-order valence-corrected chi connectivity index (χ0v) is 16.1. The van der Waals surface area contributed by atoms with Gasteiger partial charge in [0.2, 0.25) is 11.5 Å². The van der Waals surface area contributed by atoms with Gasteiger partial charge in [-0.25, -0.2) is 26.8 Å². The highest BCUT2D eigenvalue weighted by atomic mass is 19.2. The second-order valence-corrected chi connectivity index (χ2v) is 6.06. The van der Waals surface area contributed by atoms with E-state index in [4.69, 9.17) is 6.57 Å². The van der Waals surface area contributed by atoms with Gasteiger partial charge >= 0.3 is 0 Å². The molecule has 0 bridgehead atoms. The van der Waals surface area contributed by atoms with E-state index in [1.54, 1.807) is 12.1 Å². The van der Waals surface area contributed by atoms with E-state index in [1.807, 2.05) is 26.0 Å². The monoisotopic (exact) mass is 420 g/mol. The highest BCUT2D eigenvalue weighted by Crippen LogP contribution is 2.25. The average molecular weight is 420 g/mol. The molecular formula is C22H17F5N2O. The first-order valence-corrected chi connectivity index (χ1v) is 8.93. The fourth-order valence-electron chi connectivity index (χ4n) is 2.73. The van der Waals surface area contributed by atoms with E-state index in [1.165, 1.54) is 12.2 Å². The van der Waals surface area contributed by atoms with Crippen molar-refractivity contribution in [2.75, 3.05) is 18.0 Å². The summed E-state index contributed by atoms with van der Waals surface area (Å²) in [5.74, 6) is -13.0. The van der Waals surface area contributed by atoms with Gasteiger partial charge in [-0.15, -0.1) is 0 Å². The maximum atomic E-state index is 13.8. The number of carbonyl (C=O) groups is 1. The van der Waals surface area contributed by atoms with Crippen molar-refractivity contribution in [1.82, 2.24) is 0 Å². The number of allylic oxidation sites excluding steroid dienone is 3. The summed E-state index contributed by atoms with van der Waals surface area (Å²) in [7, 11) is 0. The van der Waals surface area contributed by atoms with Crippen LogP contribution in [0.25, 0.3) is 10.9 Å². The van der Waals surface area contributed by atoms with Crippen LogP contribution >= 0.6 is 0 Å². The summed E-state index contributed by atoms with van der Waals surface area (Å²) in [5.41, 5.74) is -0.731. The minimum absolute atomic E-state index is 0.718. The second-order valence-electron chi connectivity index (χ2n) is 6.06. The number of halogens is 5. The molecule has 0 aliphatic rings. The van der Waals surface area contributed by atoms with Crippen LogP contribution in [0.3, 0.4) is 0 Å². The molecule has 0 amide bonds. The lowest BCUT2D eigenvalue weighted by Crippen LogP contribution is -2.21. The maximum absolute atomic E-state index is 13.8. The predicted molar refractivity (Wildman–Crippen MR) is 104 cm³/mol. The van der Waals surface area contributed by atoms with Crippen molar-refractivity contribution in [2.24, 2.45) is 0 Å². The van der Waals surface area contributed by atoms with Crippen molar-refractivity contribution in [1.29, 1.82) is 0 Å². The molecule has 0 atom stereocenters. The summed E-state index contributed by atoms with van der Waals surface area (Å²) in [5, 5.41) is 0. The van der Waals surface area contributed by atoms with Crippen LogP contribution in [-0.2, 0) is 0 Å². The first-order valence-electron chi connectivity index (χ1n) is 8.93. The Morgan fingerprint density at radius 1 is 0.933 bits per heavy atom. The lowest BCUT2D eigenvalue weighted by molar-refractivity contribution is 0.102. The van der Waals surface area contributed by atoms with Crippen LogP contribution in [-0.4, -0.2) is 18.9 Å². The molecule has 0 saturated carbocycles. The fourth-order valence-corrected chi connectivity index (χ4v) is 2.73. The Hall–Kier alpha value is -3.47. The van der Waals surface area contributed by atoms with E-state index >= 15 is 0 Å². The van der Waals surface area contributed by atoms with E-state index in [9.17, 15) is 26.7 Å². The van der Waals surface area contributed by atoms with Crippen LogP contribution in [0, 0.1) is 35.7 Å². The Morgan fingerprint density at radius 2 is 1.43 bits per heavy atom. The Bertz CT molecular complexity index is 1020. The van der Waals surface area contributed by atoms with Gasteiger partial charge in [0, 0.05) is 18.8 Å². The second kappa shape index (κ2) is 9.83. The van der Waals surface area contributed by atoms with Crippen molar-refractivity contribution < 1.29 is 26.7 Å². The van der Waals surface area contributed by atoms with Crippen molar-refractivity contribution in [3.8, 4) is 0 Å². The van der Waals surface area contributed by atoms with Gasteiger partial charge < -0.3 is 9.69 Å². The highest BCUT2D eigenvalue weighted by molar-refractivity contribution is 6.10. The molecule has 0 radical (unpaired) electrons. The minimum Gasteiger partial charge on any atom is -0.372 e. The predicted octanol–water partition coefficient (Wildman–Crippen LogP) is 5.93. The molecule has 8 heteroatoms. The summed E-state index contributed by atoms with van der Waals surface area (Å²) < 4.78 is 67.4. The molecule has 0 spiro atoms. The number of benzene rings is 2. The molecule has 156 valence electrons. The van der Waals surface area contributed by atoms with Crippen molar-refractivity contribution in [3.63, 3.8) is 0 Å². The van der Waals surface area contributed by atoms with Crippen LogP contribution in [0.5, 0.6) is 0 Å². The van der Waals surface area contributed by atoms with Gasteiger partial charge in [-0.3, -0.25) is 0 Å². The molecule has 0 saturated heterocycles. The molecule has 3 nitrogen and oxygen atoms in total. The minimum atomic E-state index is -2.37. The third-order valence-corrected chi connectivity index (χ3v) is 4.35. The van der Waals surface area contributed by atoms with Crippen molar-refractivity contribution in [3.05, 3.63) is 93.7 Å². The maximum Gasteiger partial charge on any atom is 0.234 e. The quantitative estimate of drug-likeness (QED) is 0.106.